The van der Waals surface area contributed by atoms with E-state index in [0.717, 1.165) is 4.68 Å². The minimum absolute atomic E-state index is 0.0521. The second-order valence-corrected chi connectivity index (χ2v) is 3.31. The lowest BCUT2D eigenvalue weighted by Crippen LogP contribution is -2.39. The third-order valence-electron chi connectivity index (χ3n) is 2.02. The van der Waals surface area contributed by atoms with Gasteiger partial charge in [-0.2, -0.15) is 5.10 Å². The standard InChI is InChI=1S/C8H12N6O3/c1-3(7(16)12-8(11)17)14-2-4(9)5(13-14)6(10)15/h2-3H,9H2,1H3,(H2,10,15)(H3,11,12,16,17). The van der Waals surface area contributed by atoms with E-state index in [4.69, 9.17) is 17.2 Å². The van der Waals surface area contributed by atoms with Crippen molar-refractivity contribution >= 4 is 23.5 Å². The Labute approximate surface area is 95.9 Å². The van der Waals surface area contributed by atoms with Gasteiger partial charge in [-0.15, -0.1) is 0 Å². The number of amides is 4. The number of hydrogen-bond donors (Lipinski definition) is 4. The van der Waals surface area contributed by atoms with Crippen molar-refractivity contribution in [2.75, 3.05) is 5.73 Å². The van der Waals surface area contributed by atoms with E-state index >= 15 is 0 Å². The molecule has 0 saturated carbocycles. The van der Waals surface area contributed by atoms with Gasteiger partial charge in [-0.1, -0.05) is 0 Å². The van der Waals surface area contributed by atoms with Crippen molar-refractivity contribution in [2.24, 2.45) is 11.5 Å². The maximum Gasteiger partial charge on any atom is 0.318 e. The predicted octanol–water partition coefficient (Wildman–Crippen LogP) is -1.68. The fourth-order valence-corrected chi connectivity index (χ4v) is 1.14. The highest BCUT2D eigenvalue weighted by Crippen LogP contribution is 2.13. The van der Waals surface area contributed by atoms with Gasteiger partial charge in [0.05, 0.1) is 5.69 Å². The first kappa shape index (κ1) is 12.5. The summed E-state index contributed by atoms with van der Waals surface area (Å²) in [6.07, 6.45) is 1.27. The van der Waals surface area contributed by atoms with Crippen LogP contribution in [-0.2, 0) is 4.79 Å². The highest BCUT2D eigenvalue weighted by molar-refractivity contribution is 5.97. The minimum Gasteiger partial charge on any atom is -0.396 e. The van der Waals surface area contributed by atoms with E-state index < -0.39 is 23.9 Å². The van der Waals surface area contributed by atoms with E-state index in [1.54, 1.807) is 0 Å². The molecule has 1 rings (SSSR count). The normalized spacial score (nSPS) is 11.8. The number of nitrogens with two attached hydrogens (primary N) is 3. The van der Waals surface area contributed by atoms with Crippen molar-refractivity contribution in [2.45, 2.75) is 13.0 Å². The lowest BCUT2D eigenvalue weighted by atomic mass is 10.3. The smallest absolute Gasteiger partial charge is 0.318 e. The molecule has 0 spiro atoms. The molecule has 1 atom stereocenters. The van der Waals surface area contributed by atoms with Crippen LogP contribution in [0, 0.1) is 0 Å². The number of hydrogen-bond acceptors (Lipinski definition) is 5. The molecule has 0 aromatic carbocycles. The van der Waals surface area contributed by atoms with Crippen LogP contribution < -0.4 is 22.5 Å². The molecule has 0 aliphatic heterocycles. The summed E-state index contributed by atoms with van der Waals surface area (Å²) < 4.78 is 1.12. The van der Waals surface area contributed by atoms with Crippen LogP contribution in [-0.4, -0.2) is 27.6 Å². The SMILES string of the molecule is CC(C(=O)NC(N)=O)n1cc(N)c(C(N)=O)n1. The minimum atomic E-state index is -0.975. The number of urea groups is 1. The van der Waals surface area contributed by atoms with Crippen LogP contribution >= 0.6 is 0 Å². The fourth-order valence-electron chi connectivity index (χ4n) is 1.14. The number of rotatable bonds is 3. The Morgan fingerprint density at radius 1 is 1.41 bits per heavy atom. The van der Waals surface area contributed by atoms with Crippen LogP contribution in [0.2, 0.25) is 0 Å². The molecule has 0 radical (unpaired) electrons. The lowest BCUT2D eigenvalue weighted by molar-refractivity contribution is -0.122. The highest BCUT2D eigenvalue weighted by atomic mass is 16.2. The third-order valence-corrected chi connectivity index (χ3v) is 2.02. The molecule has 4 amide bonds. The summed E-state index contributed by atoms with van der Waals surface area (Å²) in [4.78, 5) is 32.8. The monoisotopic (exact) mass is 240 g/mol. The number of aromatic nitrogens is 2. The van der Waals surface area contributed by atoms with Gasteiger partial charge in [0.1, 0.15) is 6.04 Å². The van der Waals surface area contributed by atoms with E-state index in [-0.39, 0.29) is 11.4 Å². The zero-order chi connectivity index (χ0) is 13.2. The second kappa shape index (κ2) is 4.51. The number of carbonyl (C=O) groups is 3. The molecule has 0 aliphatic carbocycles. The number of anilines is 1. The average Bonchev–Trinajstić information content (AvgIpc) is 2.58. The first-order chi connectivity index (χ1) is 7.82. The Morgan fingerprint density at radius 2 is 2.00 bits per heavy atom. The predicted molar refractivity (Wildman–Crippen MR) is 57.6 cm³/mol. The molecule has 9 nitrogen and oxygen atoms in total. The van der Waals surface area contributed by atoms with E-state index in [9.17, 15) is 14.4 Å². The highest BCUT2D eigenvalue weighted by Gasteiger charge is 2.20. The van der Waals surface area contributed by atoms with E-state index in [0.29, 0.717) is 0 Å². The van der Waals surface area contributed by atoms with Gasteiger partial charge in [-0.25, -0.2) is 4.79 Å². The molecule has 1 aromatic heterocycles. The molecule has 1 aromatic rings. The first-order valence-corrected chi connectivity index (χ1v) is 4.57. The van der Waals surface area contributed by atoms with Gasteiger partial charge >= 0.3 is 6.03 Å². The van der Waals surface area contributed by atoms with Gasteiger partial charge in [-0.05, 0) is 6.92 Å². The van der Waals surface area contributed by atoms with Crippen LogP contribution in [0.4, 0.5) is 10.5 Å². The van der Waals surface area contributed by atoms with Crippen LogP contribution in [0.1, 0.15) is 23.5 Å². The van der Waals surface area contributed by atoms with Gasteiger partial charge in [0.15, 0.2) is 5.69 Å². The molecule has 7 N–H and O–H groups in total. The second-order valence-electron chi connectivity index (χ2n) is 3.31. The Bertz CT molecular complexity index is 480. The fraction of sp³-hybridized carbons (Fsp3) is 0.250. The Morgan fingerprint density at radius 3 is 2.41 bits per heavy atom. The van der Waals surface area contributed by atoms with Crippen molar-refractivity contribution in [3.05, 3.63) is 11.9 Å². The molecule has 1 heterocycles. The topological polar surface area (TPSA) is 159 Å². The van der Waals surface area contributed by atoms with Crippen molar-refractivity contribution in [1.82, 2.24) is 15.1 Å². The van der Waals surface area contributed by atoms with Crippen LogP contribution in [0.5, 0.6) is 0 Å². The summed E-state index contributed by atoms with van der Waals surface area (Å²) in [6.45, 7) is 1.45. The molecule has 1 unspecified atom stereocenters. The van der Waals surface area contributed by atoms with Crippen molar-refractivity contribution in [3.8, 4) is 0 Å². The zero-order valence-electron chi connectivity index (χ0n) is 9.01. The molecule has 9 heteroatoms. The molecule has 0 bridgehead atoms. The molecule has 0 fully saturated rings. The van der Waals surface area contributed by atoms with Gasteiger partial charge in [0.2, 0.25) is 0 Å². The summed E-state index contributed by atoms with van der Waals surface area (Å²) in [5.74, 6) is -1.47. The largest absolute Gasteiger partial charge is 0.396 e. The van der Waals surface area contributed by atoms with E-state index in [1.807, 2.05) is 5.32 Å². The third kappa shape index (κ3) is 2.71. The number of primary amides is 2. The van der Waals surface area contributed by atoms with Gasteiger partial charge in [0.25, 0.3) is 11.8 Å². The van der Waals surface area contributed by atoms with Crippen LogP contribution in [0.25, 0.3) is 0 Å². The molecular weight excluding hydrogens is 228 g/mol. The van der Waals surface area contributed by atoms with Crippen molar-refractivity contribution in [3.63, 3.8) is 0 Å². The molecule has 17 heavy (non-hydrogen) atoms. The maximum atomic E-state index is 11.4. The van der Waals surface area contributed by atoms with Gasteiger partial charge in [-0.3, -0.25) is 19.6 Å². The molecule has 0 saturated heterocycles. The van der Waals surface area contributed by atoms with Crippen LogP contribution in [0.15, 0.2) is 6.20 Å². The molecule has 92 valence electrons. The van der Waals surface area contributed by atoms with Crippen molar-refractivity contribution < 1.29 is 14.4 Å². The summed E-state index contributed by atoms with van der Waals surface area (Å²) >= 11 is 0. The molecular formula is C8H12N6O3. The van der Waals surface area contributed by atoms with Gasteiger partial charge < -0.3 is 17.2 Å². The van der Waals surface area contributed by atoms with Crippen LogP contribution in [0.3, 0.4) is 0 Å². The Hall–Kier alpha value is -2.58. The summed E-state index contributed by atoms with van der Waals surface area (Å²) in [7, 11) is 0. The number of imide groups is 1. The number of carbonyl (C=O) groups excluding carboxylic acids is 3. The van der Waals surface area contributed by atoms with Crippen molar-refractivity contribution in [1.29, 1.82) is 0 Å². The molecule has 0 aliphatic rings. The first-order valence-electron chi connectivity index (χ1n) is 4.57. The quantitative estimate of drug-likeness (QED) is 0.495. The number of nitrogens with one attached hydrogen (secondary N) is 1. The Kier molecular flexibility index (Phi) is 3.31. The van der Waals surface area contributed by atoms with Gasteiger partial charge in [0, 0.05) is 6.20 Å². The van der Waals surface area contributed by atoms with E-state index in [2.05, 4.69) is 5.10 Å². The Balaban J connectivity index is 2.93. The number of nitrogen functional groups attached to an aromatic ring is 1. The lowest BCUT2D eigenvalue weighted by Gasteiger charge is -2.10. The summed E-state index contributed by atoms with van der Waals surface area (Å²) in [6, 6.07) is -1.82. The summed E-state index contributed by atoms with van der Waals surface area (Å²) in [5, 5.41) is 5.62. The summed E-state index contributed by atoms with van der Waals surface area (Å²) in [5.41, 5.74) is 15.2. The number of nitrogens with zero attached hydrogens (tertiary/aromatic N) is 2. The maximum absolute atomic E-state index is 11.4. The zero-order valence-corrected chi connectivity index (χ0v) is 9.01. The average molecular weight is 240 g/mol. The van der Waals surface area contributed by atoms with E-state index in [1.165, 1.54) is 13.1 Å².